The number of rotatable bonds is 5. The van der Waals surface area contributed by atoms with Crippen LogP contribution in [0.2, 0.25) is 0 Å². The van der Waals surface area contributed by atoms with E-state index in [9.17, 15) is 18.0 Å². The van der Waals surface area contributed by atoms with Crippen LogP contribution in [0.15, 0.2) is 0 Å². The van der Waals surface area contributed by atoms with E-state index >= 15 is 0 Å². The van der Waals surface area contributed by atoms with Crippen LogP contribution in [0.25, 0.3) is 0 Å². The van der Waals surface area contributed by atoms with Crippen LogP contribution in [0.3, 0.4) is 0 Å². The van der Waals surface area contributed by atoms with Gasteiger partial charge in [0.05, 0.1) is 25.6 Å². The third-order valence-electron chi connectivity index (χ3n) is 3.21. The molecule has 1 saturated heterocycles. The summed E-state index contributed by atoms with van der Waals surface area (Å²) in [7, 11) is 1.62. The van der Waals surface area contributed by atoms with Gasteiger partial charge >= 0.3 is 6.18 Å². The number of nitriles is 1. The van der Waals surface area contributed by atoms with Crippen molar-refractivity contribution in [3.63, 3.8) is 0 Å². The third-order valence-corrected chi connectivity index (χ3v) is 3.21. The second-order valence-electron chi connectivity index (χ2n) is 4.89. The minimum Gasteiger partial charge on any atom is -0.344 e. The largest absolute Gasteiger partial charge is 0.401 e. The van der Waals surface area contributed by atoms with Gasteiger partial charge in [0.15, 0.2) is 0 Å². The lowest BCUT2D eigenvalue weighted by molar-refractivity contribution is -0.150. The molecule has 5 nitrogen and oxygen atoms in total. The molecule has 0 spiro atoms. The average molecular weight is 292 g/mol. The molecule has 0 bridgehead atoms. The summed E-state index contributed by atoms with van der Waals surface area (Å²) in [5.74, 6) is -0.107. The summed E-state index contributed by atoms with van der Waals surface area (Å²) in [5.41, 5.74) is 0. The summed E-state index contributed by atoms with van der Waals surface area (Å²) in [6, 6.07) is 1.96. The molecule has 20 heavy (non-hydrogen) atoms. The molecule has 0 unspecified atom stereocenters. The van der Waals surface area contributed by atoms with E-state index in [0.29, 0.717) is 32.7 Å². The first-order valence-corrected chi connectivity index (χ1v) is 6.44. The number of alkyl halides is 3. The van der Waals surface area contributed by atoms with Crippen molar-refractivity contribution < 1.29 is 18.0 Å². The van der Waals surface area contributed by atoms with E-state index in [2.05, 4.69) is 0 Å². The summed E-state index contributed by atoms with van der Waals surface area (Å²) >= 11 is 0. The molecule has 1 fully saturated rings. The van der Waals surface area contributed by atoms with Gasteiger partial charge in [-0.2, -0.15) is 18.4 Å². The molecule has 0 N–H and O–H groups in total. The van der Waals surface area contributed by atoms with Gasteiger partial charge in [-0.15, -0.1) is 0 Å². The Morgan fingerprint density at radius 3 is 2.30 bits per heavy atom. The molecule has 1 aliphatic heterocycles. The van der Waals surface area contributed by atoms with Crippen LogP contribution in [-0.2, 0) is 4.79 Å². The van der Waals surface area contributed by atoms with Crippen molar-refractivity contribution in [2.75, 3.05) is 52.9 Å². The lowest BCUT2D eigenvalue weighted by Crippen LogP contribution is -2.51. The average Bonchev–Trinajstić information content (AvgIpc) is 2.36. The molecule has 0 saturated carbocycles. The lowest BCUT2D eigenvalue weighted by Gasteiger charge is -2.35. The molecule has 0 aliphatic carbocycles. The van der Waals surface area contributed by atoms with Crippen LogP contribution in [0.5, 0.6) is 0 Å². The number of halogens is 3. The van der Waals surface area contributed by atoms with Crippen LogP contribution >= 0.6 is 0 Å². The van der Waals surface area contributed by atoms with Crippen LogP contribution < -0.4 is 0 Å². The van der Waals surface area contributed by atoms with Crippen LogP contribution in [-0.4, -0.2) is 79.6 Å². The third kappa shape index (κ3) is 6.21. The topological polar surface area (TPSA) is 50.6 Å². The second kappa shape index (κ2) is 7.45. The molecule has 0 atom stereocenters. The fourth-order valence-corrected chi connectivity index (χ4v) is 2.01. The number of hydrogen-bond acceptors (Lipinski definition) is 4. The summed E-state index contributed by atoms with van der Waals surface area (Å²) in [6.07, 6.45) is -3.89. The lowest BCUT2D eigenvalue weighted by atomic mass is 10.3. The Labute approximate surface area is 116 Å². The van der Waals surface area contributed by atoms with Crippen molar-refractivity contribution in [3.05, 3.63) is 0 Å². The SMILES string of the molecule is CN(CCC#N)C(=O)CN1CCN(CC(F)(F)F)CC1. The van der Waals surface area contributed by atoms with E-state index in [1.807, 2.05) is 11.0 Å². The van der Waals surface area contributed by atoms with Crippen molar-refractivity contribution in [1.29, 1.82) is 5.26 Å². The van der Waals surface area contributed by atoms with Crippen LogP contribution in [0.1, 0.15) is 6.42 Å². The highest BCUT2D eigenvalue weighted by Crippen LogP contribution is 2.17. The minimum atomic E-state index is -4.17. The van der Waals surface area contributed by atoms with Crippen molar-refractivity contribution in [3.8, 4) is 6.07 Å². The van der Waals surface area contributed by atoms with Crippen LogP contribution in [0, 0.1) is 11.3 Å². The highest BCUT2D eigenvalue weighted by molar-refractivity contribution is 5.78. The van der Waals surface area contributed by atoms with Gasteiger partial charge < -0.3 is 4.90 Å². The maximum Gasteiger partial charge on any atom is 0.401 e. The standard InChI is InChI=1S/C12H19F3N4O/c1-17(4-2-3-16)11(20)9-18-5-7-19(8-6-18)10-12(13,14)15/h2,4-10H2,1H3. The second-order valence-corrected chi connectivity index (χ2v) is 4.89. The van der Waals surface area contributed by atoms with Gasteiger partial charge in [-0.1, -0.05) is 0 Å². The van der Waals surface area contributed by atoms with Crippen molar-refractivity contribution >= 4 is 5.91 Å². The van der Waals surface area contributed by atoms with Crippen molar-refractivity contribution in [1.82, 2.24) is 14.7 Å². The zero-order valence-corrected chi connectivity index (χ0v) is 11.5. The summed E-state index contributed by atoms with van der Waals surface area (Å²) in [6.45, 7) is 1.22. The molecule has 0 aromatic carbocycles. The van der Waals surface area contributed by atoms with E-state index in [0.717, 1.165) is 0 Å². The van der Waals surface area contributed by atoms with Gasteiger partial charge in [-0.05, 0) is 0 Å². The Morgan fingerprint density at radius 1 is 1.25 bits per heavy atom. The fraction of sp³-hybridized carbons (Fsp3) is 0.833. The Balaban J connectivity index is 2.28. The molecule has 1 heterocycles. The van der Waals surface area contributed by atoms with Crippen molar-refractivity contribution in [2.45, 2.75) is 12.6 Å². The van der Waals surface area contributed by atoms with E-state index in [1.54, 1.807) is 7.05 Å². The Hall–Kier alpha value is -1.33. The summed E-state index contributed by atoms with van der Waals surface area (Å²) in [4.78, 5) is 16.5. The van der Waals surface area contributed by atoms with E-state index in [-0.39, 0.29) is 18.9 Å². The fourth-order valence-electron chi connectivity index (χ4n) is 2.01. The van der Waals surface area contributed by atoms with Gasteiger partial charge in [0, 0.05) is 39.8 Å². The van der Waals surface area contributed by atoms with Gasteiger partial charge in [-0.3, -0.25) is 14.6 Å². The molecule has 1 rings (SSSR count). The molecule has 1 aliphatic rings. The normalized spacial score (nSPS) is 17.8. The Bertz CT molecular complexity index is 359. The van der Waals surface area contributed by atoms with E-state index < -0.39 is 12.7 Å². The molecule has 8 heteroatoms. The molecule has 0 aromatic rings. The molecule has 114 valence electrons. The number of carbonyl (C=O) groups is 1. The van der Waals surface area contributed by atoms with Crippen LogP contribution in [0.4, 0.5) is 13.2 Å². The van der Waals surface area contributed by atoms with Crippen molar-refractivity contribution in [2.24, 2.45) is 0 Å². The number of nitrogens with zero attached hydrogens (tertiary/aromatic N) is 4. The number of carbonyl (C=O) groups excluding carboxylic acids is 1. The first-order chi connectivity index (χ1) is 9.31. The maximum atomic E-state index is 12.2. The van der Waals surface area contributed by atoms with Gasteiger partial charge in [0.2, 0.25) is 5.91 Å². The first kappa shape index (κ1) is 16.7. The highest BCUT2D eigenvalue weighted by Gasteiger charge is 2.32. The number of hydrogen-bond donors (Lipinski definition) is 0. The summed E-state index contributed by atoms with van der Waals surface area (Å²) < 4.78 is 36.7. The number of likely N-dealkylation sites (N-methyl/N-ethyl adjacent to an activating group) is 1. The van der Waals surface area contributed by atoms with Gasteiger partial charge in [-0.25, -0.2) is 0 Å². The minimum absolute atomic E-state index is 0.107. The van der Waals surface area contributed by atoms with Gasteiger partial charge in [0.25, 0.3) is 0 Å². The predicted molar refractivity (Wildman–Crippen MR) is 66.8 cm³/mol. The van der Waals surface area contributed by atoms with E-state index in [1.165, 1.54) is 9.80 Å². The Morgan fingerprint density at radius 2 is 1.80 bits per heavy atom. The molecular formula is C12H19F3N4O. The monoisotopic (exact) mass is 292 g/mol. The molecule has 1 amide bonds. The Kier molecular flexibility index (Phi) is 6.23. The first-order valence-electron chi connectivity index (χ1n) is 6.44. The zero-order chi connectivity index (χ0) is 15.2. The quantitative estimate of drug-likeness (QED) is 0.742. The smallest absolute Gasteiger partial charge is 0.344 e. The zero-order valence-electron chi connectivity index (χ0n) is 11.5. The number of amides is 1. The molecule has 0 aromatic heterocycles. The number of piperazine rings is 1. The molecule has 0 radical (unpaired) electrons. The predicted octanol–water partition coefficient (Wildman–Crippen LogP) is 0.538. The van der Waals surface area contributed by atoms with Gasteiger partial charge in [0.1, 0.15) is 0 Å². The maximum absolute atomic E-state index is 12.2. The summed E-state index contributed by atoms with van der Waals surface area (Å²) in [5, 5.41) is 8.44. The molecular weight excluding hydrogens is 273 g/mol. The van der Waals surface area contributed by atoms with E-state index in [4.69, 9.17) is 5.26 Å². The highest BCUT2D eigenvalue weighted by atomic mass is 19.4.